The summed E-state index contributed by atoms with van der Waals surface area (Å²) >= 11 is 11.8. The van der Waals surface area contributed by atoms with Crippen LogP contribution in [0, 0.1) is 0 Å². The second-order valence-corrected chi connectivity index (χ2v) is 4.20. The van der Waals surface area contributed by atoms with Crippen molar-refractivity contribution in [2.45, 2.75) is 12.5 Å². The molecule has 0 bridgehead atoms. The van der Waals surface area contributed by atoms with Gasteiger partial charge in [-0.1, -0.05) is 22.9 Å². The summed E-state index contributed by atoms with van der Waals surface area (Å²) in [4.78, 5) is 0. The number of nitrogens with zero attached hydrogens (tertiary/aromatic N) is 3. The first-order chi connectivity index (χ1) is 8.20. The average molecular weight is 272 g/mol. The summed E-state index contributed by atoms with van der Waals surface area (Å²) in [5.41, 5.74) is 1.55. The second kappa shape index (κ2) is 5.38. The van der Waals surface area contributed by atoms with Crippen LogP contribution in [0.1, 0.15) is 11.3 Å². The summed E-state index contributed by atoms with van der Waals surface area (Å²) in [5, 5.41) is 8.36. The van der Waals surface area contributed by atoms with Crippen LogP contribution in [0.3, 0.4) is 0 Å². The maximum atomic E-state index is 6.02. The van der Waals surface area contributed by atoms with Gasteiger partial charge in [-0.2, -0.15) is 0 Å². The highest BCUT2D eigenvalue weighted by Crippen LogP contribution is 2.28. The van der Waals surface area contributed by atoms with Crippen molar-refractivity contribution in [1.82, 2.24) is 15.0 Å². The fourth-order valence-corrected chi connectivity index (χ4v) is 1.99. The van der Waals surface area contributed by atoms with Gasteiger partial charge in [-0.3, -0.25) is 4.68 Å². The van der Waals surface area contributed by atoms with E-state index in [1.807, 2.05) is 12.1 Å². The number of alkyl halides is 1. The Morgan fingerprint density at radius 1 is 1.41 bits per heavy atom. The third-order valence-corrected chi connectivity index (χ3v) is 2.86. The molecule has 0 radical (unpaired) electrons. The van der Waals surface area contributed by atoms with Crippen LogP contribution in [0.15, 0.2) is 24.4 Å². The van der Waals surface area contributed by atoms with Crippen molar-refractivity contribution in [3.8, 4) is 5.75 Å². The molecule has 0 amide bonds. The van der Waals surface area contributed by atoms with Crippen molar-refractivity contribution in [2.24, 2.45) is 7.05 Å². The molecule has 0 aliphatic heterocycles. The number of ether oxygens (including phenoxy) is 1. The molecule has 0 saturated heterocycles. The quantitative estimate of drug-likeness (QED) is 0.803. The molecule has 1 heterocycles. The van der Waals surface area contributed by atoms with Crippen LogP contribution in [0.25, 0.3) is 0 Å². The molecule has 0 unspecified atom stereocenters. The Labute approximate surface area is 109 Å². The number of halogens is 2. The standard InChI is InChI=1S/C11H11Cl2N3O/c1-16-6-8(14-15-16)7-17-11-4-2-3-10(13)9(11)5-12/h2-4,6H,5,7H2,1H3. The van der Waals surface area contributed by atoms with Crippen LogP contribution >= 0.6 is 23.2 Å². The van der Waals surface area contributed by atoms with E-state index in [-0.39, 0.29) is 0 Å². The zero-order valence-corrected chi connectivity index (χ0v) is 10.7. The zero-order chi connectivity index (χ0) is 12.3. The van der Waals surface area contributed by atoms with Gasteiger partial charge in [0, 0.05) is 17.6 Å². The molecular weight excluding hydrogens is 261 g/mol. The van der Waals surface area contributed by atoms with Crippen molar-refractivity contribution < 1.29 is 4.74 Å². The molecule has 0 aliphatic rings. The van der Waals surface area contributed by atoms with Crippen molar-refractivity contribution in [3.63, 3.8) is 0 Å². The first-order valence-corrected chi connectivity index (χ1v) is 5.93. The number of benzene rings is 1. The van der Waals surface area contributed by atoms with Crippen LogP contribution in [0.2, 0.25) is 5.02 Å². The maximum Gasteiger partial charge on any atom is 0.134 e. The summed E-state index contributed by atoms with van der Waals surface area (Å²) in [6.45, 7) is 0.345. The Morgan fingerprint density at radius 2 is 2.24 bits per heavy atom. The van der Waals surface area contributed by atoms with Gasteiger partial charge in [-0.25, -0.2) is 0 Å². The molecule has 0 saturated carbocycles. The minimum Gasteiger partial charge on any atom is -0.487 e. The van der Waals surface area contributed by atoms with E-state index in [4.69, 9.17) is 27.9 Å². The normalized spacial score (nSPS) is 10.5. The van der Waals surface area contributed by atoms with Gasteiger partial charge in [0.2, 0.25) is 0 Å². The zero-order valence-electron chi connectivity index (χ0n) is 9.23. The molecule has 17 heavy (non-hydrogen) atoms. The second-order valence-electron chi connectivity index (χ2n) is 3.52. The molecule has 0 fully saturated rings. The van der Waals surface area contributed by atoms with Gasteiger partial charge in [-0.15, -0.1) is 16.7 Å². The van der Waals surface area contributed by atoms with E-state index in [1.54, 1.807) is 24.0 Å². The van der Waals surface area contributed by atoms with Crippen molar-refractivity contribution in [3.05, 3.63) is 40.7 Å². The molecule has 2 aromatic rings. The lowest BCUT2D eigenvalue weighted by molar-refractivity contribution is 0.299. The molecule has 2 rings (SSSR count). The molecule has 0 atom stereocenters. The third-order valence-electron chi connectivity index (χ3n) is 2.24. The van der Waals surface area contributed by atoms with Crippen molar-refractivity contribution in [1.29, 1.82) is 0 Å². The molecule has 0 spiro atoms. The van der Waals surface area contributed by atoms with Crippen LogP contribution < -0.4 is 4.74 Å². The molecule has 0 aliphatic carbocycles. The van der Waals surface area contributed by atoms with Crippen LogP contribution in [0.4, 0.5) is 0 Å². The summed E-state index contributed by atoms with van der Waals surface area (Å²) in [6.07, 6.45) is 1.80. The third kappa shape index (κ3) is 2.90. The maximum absolute atomic E-state index is 6.02. The topological polar surface area (TPSA) is 39.9 Å². The monoisotopic (exact) mass is 271 g/mol. The highest BCUT2D eigenvalue weighted by Gasteiger charge is 2.08. The highest BCUT2D eigenvalue weighted by atomic mass is 35.5. The van der Waals surface area contributed by atoms with Crippen LogP contribution in [0.5, 0.6) is 5.75 Å². The largest absolute Gasteiger partial charge is 0.487 e. The Hall–Kier alpha value is -1.26. The van der Waals surface area contributed by atoms with Gasteiger partial charge in [-0.05, 0) is 12.1 Å². The number of hydrogen-bond donors (Lipinski definition) is 0. The molecular formula is C11H11Cl2N3O. The summed E-state index contributed by atoms with van der Waals surface area (Å²) in [5.74, 6) is 0.994. The minimum atomic E-state index is 0.315. The molecule has 0 N–H and O–H groups in total. The smallest absolute Gasteiger partial charge is 0.134 e. The highest BCUT2D eigenvalue weighted by molar-refractivity contribution is 6.32. The number of rotatable bonds is 4. The Balaban J connectivity index is 2.11. The van der Waals surface area contributed by atoms with E-state index in [0.29, 0.717) is 23.3 Å². The van der Waals surface area contributed by atoms with E-state index in [9.17, 15) is 0 Å². The summed E-state index contributed by atoms with van der Waals surface area (Å²) in [6, 6.07) is 5.44. The van der Waals surface area contributed by atoms with E-state index < -0.39 is 0 Å². The van der Waals surface area contributed by atoms with Gasteiger partial charge in [0.1, 0.15) is 18.1 Å². The predicted octanol–water partition coefficient (Wildman–Crippen LogP) is 2.79. The summed E-state index contributed by atoms with van der Waals surface area (Å²) < 4.78 is 7.25. The van der Waals surface area contributed by atoms with E-state index in [0.717, 1.165) is 11.3 Å². The van der Waals surface area contributed by atoms with Gasteiger partial charge < -0.3 is 4.74 Å². The summed E-state index contributed by atoms with van der Waals surface area (Å²) in [7, 11) is 1.81. The fraction of sp³-hybridized carbons (Fsp3) is 0.273. The molecule has 90 valence electrons. The lowest BCUT2D eigenvalue weighted by Crippen LogP contribution is -1.98. The van der Waals surface area contributed by atoms with Crippen molar-refractivity contribution in [2.75, 3.05) is 0 Å². The molecule has 4 nitrogen and oxygen atoms in total. The molecule has 6 heteroatoms. The Morgan fingerprint density at radius 3 is 2.88 bits per heavy atom. The predicted molar refractivity (Wildman–Crippen MR) is 66.3 cm³/mol. The number of aryl methyl sites for hydroxylation is 1. The lowest BCUT2D eigenvalue weighted by atomic mass is 10.2. The lowest BCUT2D eigenvalue weighted by Gasteiger charge is -2.09. The molecule has 1 aromatic heterocycles. The minimum absolute atomic E-state index is 0.315. The first-order valence-electron chi connectivity index (χ1n) is 5.02. The Bertz CT molecular complexity index is 513. The van der Waals surface area contributed by atoms with Gasteiger partial charge in [0.25, 0.3) is 0 Å². The van der Waals surface area contributed by atoms with Gasteiger partial charge >= 0.3 is 0 Å². The Kier molecular flexibility index (Phi) is 3.86. The number of aromatic nitrogens is 3. The molecule has 1 aromatic carbocycles. The SMILES string of the molecule is Cn1cc(COc2cccc(Cl)c2CCl)nn1. The average Bonchev–Trinajstić information content (AvgIpc) is 2.72. The van der Waals surface area contributed by atoms with E-state index in [1.165, 1.54) is 0 Å². The number of hydrogen-bond acceptors (Lipinski definition) is 3. The van der Waals surface area contributed by atoms with Gasteiger partial charge in [0.15, 0.2) is 0 Å². The van der Waals surface area contributed by atoms with Crippen LogP contribution in [-0.2, 0) is 19.5 Å². The van der Waals surface area contributed by atoms with E-state index >= 15 is 0 Å². The van der Waals surface area contributed by atoms with Crippen LogP contribution in [-0.4, -0.2) is 15.0 Å². The first kappa shape index (κ1) is 12.2. The fourth-order valence-electron chi connectivity index (χ4n) is 1.42. The van der Waals surface area contributed by atoms with Crippen molar-refractivity contribution >= 4 is 23.2 Å². The van der Waals surface area contributed by atoms with Gasteiger partial charge in [0.05, 0.1) is 12.1 Å². The van der Waals surface area contributed by atoms with E-state index in [2.05, 4.69) is 10.3 Å².